The number of fused-ring (bicyclic) bond motifs is 7. The van der Waals surface area contributed by atoms with Crippen LogP contribution in [-0.4, -0.2) is 93.6 Å². The van der Waals surface area contributed by atoms with E-state index in [2.05, 4.69) is 27.7 Å². The monoisotopic (exact) mass is 594 g/mol. The Morgan fingerprint density at radius 3 is 2.36 bits per heavy atom. The molecule has 7 fully saturated rings. The first-order chi connectivity index (χ1) is 19.9. The van der Waals surface area contributed by atoms with Gasteiger partial charge in [-0.3, -0.25) is 0 Å². The second-order valence-electron chi connectivity index (χ2n) is 16.0. The van der Waals surface area contributed by atoms with Crippen molar-refractivity contribution in [3.8, 4) is 0 Å². The quantitative estimate of drug-likeness (QED) is 0.312. The van der Waals surface area contributed by atoms with Crippen molar-refractivity contribution in [3.63, 3.8) is 0 Å². The Morgan fingerprint density at radius 1 is 0.857 bits per heavy atom. The highest BCUT2D eigenvalue weighted by Crippen LogP contribution is 2.71. The molecule has 18 atom stereocenters. The molecule has 0 amide bonds. The minimum atomic E-state index is -1.43. The van der Waals surface area contributed by atoms with Gasteiger partial charge in [0.25, 0.3) is 0 Å². The van der Waals surface area contributed by atoms with E-state index in [1.807, 2.05) is 0 Å². The summed E-state index contributed by atoms with van der Waals surface area (Å²) < 4.78 is 25.2. The lowest BCUT2D eigenvalue weighted by molar-refractivity contribution is -0.316. The zero-order chi connectivity index (χ0) is 29.8. The number of hydrogen-bond donors (Lipinski definition) is 5. The van der Waals surface area contributed by atoms with Gasteiger partial charge in [0.15, 0.2) is 12.1 Å². The smallest absolute Gasteiger partial charge is 0.186 e. The molecule has 0 bridgehead atoms. The molecule has 0 aromatic heterocycles. The fourth-order valence-corrected chi connectivity index (χ4v) is 11.7. The lowest BCUT2D eigenvalue weighted by Crippen LogP contribution is -2.61. The van der Waals surface area contributed by atoms with Gasteiger partial charge in [-0.2, -0.15) is 0 Å². The van der Waals surface area contributed by atoms with Gasteiger partial charge in [0.1, 0.15) is 24.4 Å². The summed E-state index contributed by atoms with van der Waals surface area (Å²) in [4.78, 5) is 0. The Bertz CT molecular complexity index is 1000. The van der Waals surface area contributed by atoms with Crippen molar-refractivity contribution >= 4 is 0 Å². The molecule has 5 unspecified atom stereocenters. The lowest BCUT2D eigenvalue weighted by atomic mass is 9.43. The van der Waals surface area contributed by atoms with Gasteiger partial charge in [0, 0.05) is 23.7 Å². The van der Waals surface area contributed by atoms with Crippen LogP contribution in [0, 0.1) is 52.3 Å². The van der Waals surface area contributed by atoms with E-state index in [4.69, 9.17) is 18.9 Å². The normalized spacial score (nSPS) is 60.9. The van der Waals surface area contributed by atoms with Gasteiger partial charge in [0.2, 0.25) is 0 Å². The van der Waals surface area contributed by atoms with E-state index in [0.717, 1.165) is 64.4 Å². The Morgan fingerprint density at radius 2 is 1.64 bits per heavy atom. The van der Waals surface area contributed by atoms with E-state index in [0.29, 0.717) is 35.5 Å². The number of rotatable bonds is 3. The van der Waals surface area contributed by atoms with Crippen molar-refractivity contribution in [3.05, 3.63) is 0 Å². The molecule has 1 spiro atoms. The molecule has 9 heteroatoms. The molecule has 3 saturated heterocycles. The molecule has 0 radical (unpaired) electrons. The highest BCUT2D eigenvalue weighted by atomic mass is 16.7. The van der Waals surface area contributed by atoms with Crippen molar-refractivity contribution in [2.24, 2.45) is 52.3 Å². The van der Waals surface area contributed by atoms with Crippen LogP contribution in [0.1, 0.15) is 85.5 Å². The molecular weight excluding hydrogens is 540 g/mol. The van der Waals surface area contributed by atoms with Crippen LogP contribution < -0.4 is 0 Å². The van der Waals surface area contributed by atoms with Crippen LogP contribution in [0.3, 0.4) is 0 Å². The Hall–Kier alpha value is -0.360. The summed E-state index contributed by atoms with van der Waals surface area (Å²) in [5.74, 6) is 2.61. The summed E-state index contributed by atoms with van der Waals surface area (Å²) in [6, 6.07) is 0. The number of aliphatic hydroxyl groups excluding tert-OH is 5. The maximum absolute atomic E-state index is 12.0. The van der Waals surface area contributed by atoms with Gasteiger partial charge >= 0.3 is 0 Å². The first kappa shape index (κ1) is 30.3. The Labute approximate surface area is 250 Å². The van der Waals surface area contributed by atoms with Crippen molar-refractivity contribution in [2.75, 3.05) is 13.2 Å². The number of hydrogen-bond acceptors (Lipinski definition) is 9. The maximum atomic E-state index is 12.0. The molecule has 42 heavy (non-hydrogen) atoms. The molecule has 4 saturated carbocycles. The topological polar surface area (TPSA) is 138 Å². The molecule has 0 aromatic rings. The third-order valence-electron chi connectivity index (χ3n) is 14.2. The van der Waals surface area contributed by atoms with Crippen molar-refractivity contribution in [1.82, 2.24) is 0 Å². The second kappa shape index (κ2) is 10.6. The van der Waals surface area contributed by atoms with Crippen LogP contribution >= 0.6 is 0 Å². The number of ether oxygens (including phenoxy) is 4. The third-order valence-corrected chi connectivity index (χ3v) is 14.2. The first-order valence-corrected chi connectivity index (χ1v) is 16.9. The Balaban J connectivity index is 1.05. The average molecular weight is 595 g/mol. The van der Waals surface area contributed by atoms with Crippen LogP contribution in [0.4, 0.5) is 0 Å². The van der Waals surface area contributed by atoms with Gasteiger partial charge in [0.05, 0.1) is 31.5 Å². The van der Waals surface area contributed by atoms with Crippen LogP contribution in [0.2, 0.25) is 0 Å². The molecule has 3 aliphatic heterocycles. The molecule has 3 heterocycles. The summed E-state index contributed by atoms with van der Waals surface area (Å²) in [6.45, 7) is 9.68. The van der Waals surface area contributed by atoms with Crippen LogP contribution in [0.5, 0.6) is 0 Å². The molecule has 4 aliphatic carbocycles. The van der Waals surface area contributed by atoms with Gasteiger partial charge in [-0.15, -0.1) is 0 Å². The van der Waals surface area contributed by atoms with E-state index in [9.17, 15) is 25.5 Å². The minimum absolute atomic E-state index is 0.106. The summed E-state index contributed by atoms with van der Waals surface area (Å²) in [6.07, 6.45) is 2.30. The van der Waals surface area contributed by atoms with Gasteiger partial charge in [-0.25, -0.2) is 0 Å². The second-order valence-corrected chi connectivity index (χ2v) is 16.0. The highest BCUT2D eigenvalue weighted by molar-refractivity contribution is 5.18. The van der Waals surface area contributed by atoms with E-state index in [-0.39, 0.29) is 35.1 Å². The zero-order valence-electron chi connectivity index (χ0n) is 25.8. The SMILES string of the molecule is C[C@@H]1CC[C@@]2(OC1)OC1CC3C4CC[C@H]5C[C@@H](O[C@@H]6O[C@H](CO)[C@H](O)[C@H](O)[C@H]6O)CC[C@]5(C)C4C[C@@H](O)[C@]3(C)C1[C@@H]2C. The van der Waals surface area contributed by atoms with E-state index >= 15 is 0 Å². The molecule has 7 aliphatic rings. The number of aliphatic hydroxyl groups is 5. The molecule has 240 valence electrons. The molecular formula is C33H54O9. The predicted molar refractivity (Wildman–Crippen MR) is 152 cm³/mol. The summed E-state index contributed by atoms with van der Waals surface area (Å²) >= 11 is 0. The van der Waals surface area contributed by atoms with Crippen LogP contribution in [0.25, 0.3) is 0 Å². The van der Waals surface area contributed by atoms with Gasteiger partial charge in [-0.1, -0.05) is 27.7 Å². The standard InChI is InChI=1S/C33H54O9/c1-16-7-10-33(39-15-16)17(2)26-23(42-33)12-22-20-6-5-18-11-19(40-30-29(38)28(37)27(36)24(14-34)41-30)8-9-31(18,3)21(20)13-25(35)32(22,26)4/h16-30,34-38H,5-15H2,1-4H3/t16-,17+,18+,19+,20?,21?,22?,23?,24-,25-,26?,27+,28+,29-,30-,31+,32-,33-/m1/s1. The molecule has 0 aromatic carbocycles. The van der Waals surface area contributed by atoms with Crippen molar-refractivity contribution in [1.29, 1.82) is 0 Å². The summed E-state index contributed by atoms with van der Waals surface area (Å²) in [5.41, 5.74) is -0.0533. The van der Waals surface area contributed by atoms with Gasteiger partial charge < -0.3 is 44.5 Å². The maximum Gasteiger partial charge on any atom is 0.186 e. The lowest BCUT2D eigenvalue weighted by Gasteiger charge is -2.62. The fourth-order valence-electron chi connectivity index (χ4n) is 11.7. The van der Waals surface area contributed by atoms with Crippen LogP contribution in [-0.2, 0) is 18.9 Å². The average Bonchev–Trinajstić information content (AvgIpc) is 3.42. The third kappa shape index (κ3) is 4.28. The van der Waals surface area contributed by atoms with Gasteiger partial charge in [-0.05, 0) is 86.4 Å². The van der Waals surface area contributed by atoms with E-state index < -0.39 is 43.1 Å². The summed E-state index contributed by atoms with van der Waals surface area (Å²) in [7, 11) is 0. The van der Waals surface area contributed by atoms with Crippen molar-refractivity contribution in [2.45, 2.75) is 140 Å². The summed E-state index contributed by atoms with van der Waals surface area (Å²) in [5, 5.41) is 52.5. The first-order valence-electron chi connectivity index (χ1n) is 16.9. The molecule has 9 nitrogen and oxygen atoms in total. The molecule has 7 rings (SSSR count). The van der Waals surface area contributed by atoms with Crippen LogP contribution in [0.15, 0.2) is 0 Å². The highest BCUT2D eigenvalue weighted by Gasteiger charge is 2.71. The predicted octanol–water partition coefficient (Wildman–Crippen LogP) is 2.59. The van der Waals surface area contributed by atoms with E-state index in [1.165, 1.54) is 0 Å². The van der Waals surface area contributed by atoms with E-state index in [1.54, 1.807) is 0 Å². The fraction of sp³-hybridized carbons (Fsp3) is 1.00. The molecule has 5 N–H and O–H groups in total. The minimum Gasteiger partial charge on any atom is -0.394 e. The largest absolute Gasteiger partial charge is 0.394 e. The Kier molecular flexibility index (Phi) is 7.64. The van der Waals surface area contributed by atoms with Crippen molar-refractivity contribution < 1.29 is 44.5 Å². The zero-order valence-corrected chi connectivity index (χ0v) is 25.8.